The highest BCUT2D eigenvalue weighted by molar-refractivity contribution is 9.16. The molecule has 0 atom stereocenters. The van der Waals surface area contributed by atoms with Crippen LogP contribution in [0.15, 0.2) is 28.7 Å². The molecule has 0 saturated carbocycles. The van der Waals surface area contributed by atoms with Crippen molar-refractivity contribution in [1.82, 2.24) is 0 Å². The smallest absolute Gasteiger partial charge is 0.0351 e. The molecule has 12 heavy (non-hydrogen) atoms. The highest BCUT2D eigenvalue weighted by Crippen LogP contribution is 2.37. The number of hydrogen-bond acceptors (Lipinski definition) is 0. The van der Waals surface area contributed by atoms with Gasteiger partial charge in [0.1, 0.15) is 0 Å². The molecule has 1 aromatic rings. The molecule has 0 nitrogen and oxygen atoms in total. The molecule has 0 radical (unpaired) electrons. The van der Waals surface area contributed by atoms with E-state index in [1.807, 2.05) is 0 Å². The average molecular weight is 288 g/mol. The Morgan fingerprint density at radius 2 is 1.75 bits per heavy atom. The second-order valence-electron chi connectivity index (χ2n) is 2.88. The molecule has 0 amide bonds. The molecule has 0 N–H and O–H groups in total. The van der Waals surface area contributed by atoms with Gasteiger partial charge in [0.15, 0.2) is 0 Å². The van der Waals surface area contributed by atoms with Gasteiger partial charge >= 0.3 is 0 Å². The standard InChI is InChI=1S/C10H8Br2/c11-9-6-5-7-3-1-2-4-8(7)10(9)12/h1-4H,5-6H2. The van der Waals surface area contributed by atoms with Crippen molar-refractivity contribution in [3.05, 3.63) is 39.9 Å². The molecule has 0 bridgehead atoms. The Morgan fingerprint density at radius 3 is 2.58 bits per heavy atom. The van der Waals surface area contributed by atoms with Gasteiger partial charge < -0.3 is 0 Å². The average Bonchev–Trinajstić information content (AvgIpc) is 2.12. The fourth-order valence-corrected chi connectivity index (χ4v) is 2.45. The van der Waals surface area contributed by atoms with Gasteiger partial charge in [-0.2, -0.15) is 0 Å². The third-order valence-electron chi connectivity index (χ3n) is 2.11. The van der Waals surface area contributed by atoms with E-state index in [0.717, 1.165) is 12.8 Å². The van der Waals surface area contributed by atoms with Crippen LogP contribution in [0.25, 0.3) is 4.48 Å². The van der Waals surface area contributed by atoms with Crippen molar-refractivity contribution in [1.29, 1.82) is 0 Å². The van der Waals surface area contributed by atoms with Crippen molar-refractivity contribution in [3.8, 4) is 0 Å². The molecule has 2 heteroatoms. The Bertz CT molecular complexity index is 339. The van der Waals surface area contributed by atoms with Crippen LogP contribution < -0.4 is 0 Å². The van der Waals surface area contributed by atoms with Crippen molar-refractivity contribution < 1.29 is 0 Å². The molecule has 0 aromatic heterocycles. The van der Waals surface area contributed by atoms with Gasteiger partial charge in [-0.3, -0.25) is 0 Å². The third kappa shape index (κ3) is 1.38. The van der Waals surface area contributed by atoms with E-state index < -0.39 is 0 Å². The van der Waals surface area contributed by atoms with Crippen LogP contribution in [0.1, 0.15) is 17.5 Å². The summed E-state index contributed by atoms with van der Waals surface area (Å²) >= 11 is 7.14. The first-order valence-corrected chi connectivity index (χ1v) is 5.50. The molecule has 2 rings (SSSR count). The molecule has 0 fully saturated rings. The van der Waals surface area contributed by atoms with E-state index in [1.54, 1.807) is 0 Å². The van der Waals surface area contributed by atoms with E-state index in [9.17, 15) is 0 Å². The summed E-state index contributed by atoms with van der Waals surface area (Å²) in [6, 6.07) is 8.51. The maximum atomic E-state index is 3.59. The lowest BCUT2D eigenvalue weighted by Crippen LogP contribution is -1.98. The van der Waals surface area contributed by atoms with Crippen LogP contribution in [0.3, 0.4) is 0 Å². The molecule has 0 saturated heterocycles. The maximum absolute atomic E-state index is 3.59. The van der Waals surface area contributed by atoms with E-state index in [1.165, 1.54) is 20.1 Å². The highest BCUT2D eigenvalue weighted by atomic mass is 79.9. The van der Waals surface area contributed by atoms with Gasteiger partial charge in [-0.05, 0) is 39.9 Å². The van der Waals surface area contributed by atoms with Crippen molar-refractivity contribution in [2.75, 3.05) is 0 Å². The van der Waals surface area contributed by atoms with Crippen LogP contribution in [0, 0.1) is 0 Å². The third-order valence-corrected chi connectivity index (χ3v) is 4.34. The molecular weight excluding hydrogens is 280 g/mol. The summed E-state index contributed by atoms with van der Waals surface area (Å²) < 4.78 is 2.49. The highest BCUT2D eigenvalue weighted by Gasteiger charge is 2.13. The molecule has 62 valence electrons. The second kappa shape index (κ2) is 3.35. The number of fused-ring (bicyclic) bond motifs is 1. The number of hydrogen-bond donors (Lipinski definition) is 0. The van der Waals surface area contributed by atoms with E-state index in [2.05, 4.69) is 56.1 Å². The number of benzene rings is 1. The Labute approximate surface area is 88.9 Å². The molecule has 0 heterocycles. The number of halogens is 2. The molecule has 1 aliphatic rings. The van der Waals surface area contributed by atoms with Crippen LogP contribution in [0.2, 0.25) is 0 Å². The summed E-state index contributed by atoms with van der Waals surface area (Å²) in [5.41, 5.74) is 2.77. The van der Waals surface area contributed by atoms with Crippen molar-refractivity contribution >= 4 is 36.3 Å². The zero-order valence-electron chi connectivity index (χ0n) is 6.48. The Morgan fingerprint density at radius 1 is 1.00 bits per heavy atom. The first-order chi connectivity index (χ1) is 5.79. The maximum Gasteiger partial charge on any atom is 0.0351 e. The fraction of sp³-hybridized carbons (Fsp3) is 0.200. The number of rotatable bonds is 0. The summed E-state index contributed by atoms with van der Waals surface area (Å²) in [6.07, 6.45) is 2.25. The van der Waals surface area contributed by atoms with Gasteiger partial charge in [0.05, 0.1) is 0 Å². The minimum absolute atomic E-state index is 1.11. The second-order valence-corrected chi connectivity index (χ2v) is 4.63. The molecular formula is C10H8Br2. The first kappa shape index (κ1) is 8.52. The predicted molar refractivity (Wildman–Crippen MR) is 59.5 cm³/mol. The zero-order chi connectivity index (χ0) is 8.55. The molecule has 0 aliphatic heterocycles. The van der Waals surface area contributed by atoms with Crippen LogP contribution in [0.4, 0.5) is 0 Å². The summed E-state index contributed by atoms with van der Waals surface area (Å²) in [7, 11) is 0. The summed E-state index contributed by atoms with van der Waals surface area (Å²) in [5.74, 6) is 0. The Kier molecular flexibility index (Phi) is 2.37. The minimum atomic E-state index is 1.11. The molecule has 0 unspecified atom stereocenters. The summed E-state index contributed by atoms with van der Waals surface area (Å²) in [5, 5.41) is 0. The van der Waals surface area contributed by atoms with E-state index in [4.69, 9.17) is 0 Å². The predicted octanol–water partition coefficient (Wildman–Crippen LogP) is 4.09. The molecule has 1 aromatic carbocycles. The van der Waals surface area contributed by atoms with Crippen LogP contribution >= 0.6 is 31.9 Å². The molecule has 1 aliphatic carbocycles. The summed E-state index contributed by atoms with van der Waals surface area (Å²) in [6.45, 7) is 0. The first-order valence-electron chi connectivity index (χ1n) is 3.91. The number of allylic oxidation sites excluding steroid dienone is 1. The molecule has 0 spiro atoms. The lowest BCUT2D eigenvalue weighted by molar-refractivity contribution is 0.975. The topological polar surface area (TPSA) is 0 Å². The Hall–Kier alpha value is -0.0800. The Balaban J connectivity index is 2.59. The van der Waals surface area contributed by atoms with Crippen molar-refractivity contribution in [2.24, 2.45) is 0 Å². The van der Waals surface area contributed by atoms with Gasteiger partial charge in [-0.1, -0.05) is 40.2 Å². The van der Waals surface area contributed by atoms with Gasteiger partial charge in [0, 0.05) is 8.96 Å². The van der Waals surface area contributed by atoms with Crippen LogP contribution in [-0.2, 0) is 6.42 Å². The lowest BCUT2D eigenvalue weighted by atomic mass is 9.98. The van der Waals surface area contributed by atoms with Crippen molar-refractivity contribution in [2.45, 2.75) is 12.8 Å². The van der Waals surface area contributed by atoms with Gasteiger partial charge in [-0.25, -0.2) is 0 Å². The minimum Gasteiger partial charge on any atom is -0.0620 e. The van der Waals surface area contributed by atoms with E-state index in [0.29, 0.717) is 0 Å². The number of aryl methyl sites for hydroxylation is 1. The van der Waals surface area contributed by atoms with E-state index in [-0.39, 0.29) is 0 Å². The fourth-order valence-electron chi connectivity index (χ4n) is 1.45. The summed E-state index contributed by atoms with van der Waals surface area (Å²) in [4.78, 5) is 0. The van der Waals surface area contributed by atoms with Gasteiger partial charge in [0.2, 0.25) is 0 Å². The monoisotopic (exact) mass is 286 g/mol. The van der Waals surface area contributed by atoms with E-state index >= 15 is 0 Å². The van der Waals surface area contributed by atoms with Gasteiger partial charge in [0.25, 0.3) is 0 Å². The normalized spacial score (nSPS) is 16.2. The quantitative estimate of drug-likeness (QED) is 0.674. The van der Waals surface area contributed by atoms with Crippen LogP contribution in [0.5, 0.6) is 0 Å². The van der Waals surface area contributed by atoms with Crippen LogP contribution in [-0.4, -0.2) is 0 Å². The van der Waals surface area contributed by atoms with Gasteiger partial charge in [-0.15, -0.1) is 0 Å². The lowest BCUT2D eigenvalue weighted by Gasteiger charge is -2.15. The largest absolute Gasteiger partial charge is 0.0620 e. The zero-order valence-corrected chi connectivity index (χ0v) is 9.65. The van der Waals surface area contributed by atoms with Crippen molar-refractivity contribution in [3.63, 3.8) is 0 Å². The SMILES string of the molecule is BrC1=C(Br)c2ccccc2CC1.